The molecule has 33 heavy (non-hydrogen) atoms. The van der Waals surface area contributed by atoms with Crippen LogP contribution in [-0.4, -0.2) is 85.8 Å². The second-order valence-corrected chi connectivity index (χ2v) is 10.6. The molecule has 2 heterocycles. The van der Waals surface area contributed by atoms with Crippen molar-refractivity contribution < 1.29 is 17.9 Å². The lowest BCUT2D eigenvalue weighted by Crippen LogP contribution is -2.48. The number of hydrogen-bond donors (Lipinski definition) is 1. The Bertz CT molecular complexity index is 1080. The number of fused-ring (bicyclic) bond motifs is 1. The van der Waals surface area contributed by atoms with Crippen LogP contribution in [0.5, 0.6) is 11.5 Å². The van der Waals surface area contributed by atoms with Gasteiger partial charge in [-0.25, -0.2) is 13.1 Å². The number of rotatable bonds is 8. The number of anilines is 1. The van der Waals surface area contributed by atoms with Gasteiger partial charge in [0.15, 0.2) is 11.5 Å². The van der Waals surface area contributed by atoms with E-state index >= 15 is 0 Å². The molecule has 0 amide bonds. The Kier molecular flexibility index (Phi) is 7.13. The number of nitrogens with one attached hydrogen (secondary N) is 1. The van der Waals surface area contributed by atoms with Gasteiger partial charge < -0.3 is 19.3 Å². The highest BCUT2D eigenvalue weighted by atomic mass is 32.2. The van der Waals surface area contributed by atoms with Gasteiger partial charge in [0.05, 0.1) is 19.1 Å². The summed E-state index contributed by atoms with van der Waals surface area (Å²) in [5.41, 5.74) is 3.75. The number of piperazine rings is 1. The van der Waals surface area contributed by atoms with Gasteiger partial charge in [-0.2, -0.15) is 0 Å². The van der Waals surface area contributed by atoms with E-state index in [4.69, 9.17) is 9.47 Å². The number of benzene rings is 2. The summed E-state index contributed by atoms with van der Waals surface area (Å²) in [6.07, 6.45) is 1.02. The molecule has 0 saturated carbocycles. The summed E-state index contributed by atoms with van der Waals surface area (Å²) in [6.45, 7) is 5.05. The zero-order chi connectivity index (χ0) is 23.6. The van der Waals surface area contributed by atoms with Gasteiger partial charge in [-0.05, 0) is 42.8 Å². The van der Waals surface area contributed by atoms with Gasteiger partial charge in [-0.3, -0.25) is 4.90 Å². The van der Waals surface area contributed by atoms with Gasteiger partial charge in [0.2, 0.25) is 10.0 Å². The van der Waals surface area contributed by atoms with E-state index in [0.717, 1.165) is 44.7 Å². The summed E-state index contributed by atoms with van der Waals surface area (Å²) in [4.78, 5) is 7.12. The van der Waals surface area contributed by atoms with Crippen molar-refractivity contribution in [3.63, 3.8) is 0 Å². The number of nitrogens with zero attached hydrogens (tertiary/aromatic N) is 3. The highest BCUT2D eigenvalue weighted by Crippen LogP contribution is 2.32. The van der Waals surface area contributed by atoms with Crippen molar-refractivity contribution in [2.75, 3.05) is 72.5 Å². The molecule has 2 aliphatic heterocycles. The predicted molar refractivity (Wildman–Crippen MR) is 130 cm³/mol. The topological polar surface area (TPSA) is 74.4 Å². The molecule has 1 N–H and O–H groups in total. The van der Waals surface area contributed by atoms with Crippen LogP contribution in [0.25, 0.3) is 0 Å². The molecule has 1 fully saturated rings. The van der Waals surface area contributed by atoms with Gasteiger partial charge >= 0.3 is 0 Å². The third-order valence-corrected chi connectivity index (χ3v) is 8.15. The lowest BCUT2D eigenvalue weighted by Gasteiger charge is -2.38. The maximum atomic E-state index is 13.2. The zero-order valence-electron chi connectivity index (χ0n) is 19.9. The molecule has 1 unspecified atom stereocenters. The van der Waals surface area contributed by atoms with Crippen LogP contribution in [0.4, 0.5) is 5.69 Å². The number of methoxy groups -OCH3 is 2. The number of sulfonamides is 1. The number of ether oxygens (including phenoxy) is 2. The molecule has 2 aliphatic rings. The van der Waals surface area contributed by atoms with Gasteiger partial charge in [0, 0.05) is 64.1 Å². The van der Waals surface area contributed by atoms with Crippen LogP contribution in [-0.2, 0) is 16.4 Å². The summed E-state index contributed by atoms with van der Waals surface area (Å²) >= 11 is 0. The number of hydrogen-bond acceptors (Lipinski definition) is 7. The van der Waals surface area contributed by atoms with E-state index in [-0.39, 0.29) is 10.9 Å². The Morgan fingerprint density at radius 3 is 2.36 bits per heavy atom. The second kappa shape index (κ2) is 9.89. The van der Waals surface area contributed by atoms with Crippen LogP contribution in [0.1, 0.15) is 17.2 Å². The van der Waals surface area contributed by atoms with Crippen LogP contribution in [0, 0.1) is 0 Å². The van der Waals surface area contributed by atoms with Crippen molar-refractivity contribution in [2.24, 2.45) is 0 Å². The van der Waals surface area contributed by atoms with Crippen LogP contribution in [0.2, 0.25) is 0 Å². The molecule has 8 nitrogen and oxygen atoms in total. The van der Waals surface area contributed by atoms with E-state index in [2.05, 4.69) is 51.7 Å². The second-order valence-electron chi connectivity index (χ2n) is 8.78. The first-order valence-electron chi connectivity index (χ1n) is 11.3. The molecule has 1 saturated heterocycles. The zero-order valence-corrected chi connectivity index (χ0v) is 20.7. The highest BCUT2D eigenvalue weighted by Gasteiger charge is 2.28. The van der Waals surface area contributed by atoms with Crippen LogP contribution < -0.4 is 19.1 Å². The normalized spacial score (nSPS) is 18.2. The molecule has 180 valence electrons. The largest absolute Gasteiger partial charge is 0.493 e. The minimum absolute atomic E-state index is 0.0372. The van der Waals surface area contributed by atoms with E-state index < -0.39 is 10.0 Å². The molecule has 1 atom stereocenters. The molecule has 0 radical (unpaired) electrons. The summed E-state index contributed by atoms with van der Waals surface area (Å²) in [5, 5.41) is 0. The molecule has 2 aromatic carbocycles. The Morgan fingerprint density at radius 1 is 0.939 bits per heavy atom. The molecular weight excluding hydrogens is 440 g/mol. The van der Waals surface area contributed by atoms with Crippen LogP contribution >= 0.6 is 0 Å². The Morgan fingerprint density at radius 2 is 1.67 bits per heavy atom. The average molecular weight is 475 g/mol. The van der Waals surface area contributed by atoms with Crippen LogP contribution in [0.3, 0.4) is 0 Å². The smallest absolute Gasteiger partial charge is 0.240 e. The summed E-state index contributed by atoms with van der Waals surface area (Å²) < 4.78 is 39.7. The fourth-order valence-corrected chi connectivity index (χ4v) is 5.69. The summed E-state index contributed by atoms with van der Waals surface area (Å²) in [6, 6.07) is 11.2. The van der Waals surface area contributed by atoms with E-state index in [1.54, 1.807) is 12.1 Å². The molecule has 0 bridgehead atoms. The minimum Gasteiger partial charge on any atom is -0.493 e. The van der Waals surface area contributed by atoms with E-state index in [0.29, 0.717) is 18.0 Å². The third kappa shape index (κ3) is 5.11. The molecule has 2 aromatic rings. The first-order chi connectivity index (χ1) is 15.8. The molecule has 0 spiro atoms. The molecule has 0 aliphatic carbocycles. The summed E-state index contributed by atoms with van der Waals surface area (Å²) in [5.74, 6) is 0.883. The minimum atomic E-state index is -3.72. The molecule has 4 rings (SSSR count). The molecule has 0 aromatic heterocycles. The van der Waals surface area contributed by atoms with E-state index in [1.165, 1.54) is 31.5 Å². The van der Waals surface area contributed by atoms with Gasteiger partial charge in [-0.15, -0.1) is 0 Å². The van der Waals surface area contributed by atoms with E-state index in [1.807, 2.05) is 0 Å². The average Bonchev–Trinajstić information content (AvgIpc) is 3.19. The fraction of sp³-hybridized carbons (Fsp3) is 0.500. The standard InChI is InChI=1S/C24H34N4O4S/c1-26-11-13-28(14-12-26)22(18-5-7-21-19(15-18)9-10-27(21)2)17-25-33(29,30)20-6-8-23(31-3)24(16-20)32-4/h5-8,15-16,22,25H,9-14,17H2,1-4H3. The van der Waals surface area contributed by atoms with Gasteiger partial charge in [0.25, 0.3) is 0 Å². The van der Waals surface area contributed by atoms with Crippen molar-refractivity contribution in [1.29, 1.82) is 0 Å². The van der Waals surface area contributed by atoms with Crippen molar-refractivity contribution in [1.82, 2.24) is 14.5 Å². The van der Waals surface area contributed by atoms with Gasteiger partial charge in [0.1, 0.15) is 0 Å². The Labute approximate surface area is 197 Å². The summed E-state index contributed by atoms with van der Waals surface area (Å²) in [7, 11) is 3.54. The quantitative estimate of drug-likeness (QED) is 0.627. The van der Waals surface area contributed by atoms with E-state index in [9.17, 15) is 8.42 Å². The SMILES string of the molecule is COc1ccc(S(=O)(=O)NCC(c2ccc3c(c2)CCN3C)N2CCN(C)CC2)cc1OC. The third-order valence-electron chi connectivity index (χ3n) is 6.73. The van der Waals surface area contributed by atoms with Crippen molar-refractivity contribution in [3.05, 3.63) is 47.5 Å². The lowest BCUT2D eigenvalue weighted by molar-refractivity contribution is 0.113. The highest BCUT2D eigenvalue weighted by molar-refractivity contribution is 7.89. The van der Waals surface area contributed by atoms with Crippen molar-refractivity contribution in [2.45, 2.75) is 17.4 Å². The Balaban J connectivity index is 1.58. The van der Waals surface area contributed by atoms with Crippen LogP contribution in [0.15, 0.2) is 41.3 Å². The molecular formula is C24H34N4O4S. The Hall–Kier alpha value is -2.33. The fourth-order valence-electron chi connectivity index (χ4n) is 4.64. The van der Waals surface area contributed by atoms with Crippen molar-refractivity contribution >= 4 is 15.7 Å². The molecule has 9 heteroatoms. The van der Waals surface area contributed by atoms with Gasteiger partial charge in [-0.1, -0.05) is 12.1 Å². The first-order valence-corrected chi connectivity index (χ1v) is 12.8. The monoisotopic (exact) mass is 474 g/mol. The maximum Gasteiger partial charge on any atom is 0.240 e. The predicted octanol–water partition coefficient (Wildman–Crippen LogP) is 1.96. The lowest BCUT2D eigenvalue weighted by atomic mass is 10.0. The number of likely N-dealkylation sites (N-methyl/N-ethyl adjacent to an activating group) is 2. The van der Waals surface area contributed by atoms with Crippen molar-refractivity contribution in [3.8, 4) is 11.5 Å². The maximum absolute atomic E-state index is 13.2. The first kappa shape index (κ1) is 23.8.